The minimum absolute atomic E-state index is 0.549. The summed E-state index contributed by atoms with van der Waals surface area (Å²) in [4.78, 5) is 0. The fraction of sp³-hybridized carbons (Fsp3) is 0.818. The number of nitrogens with two attached hydrogens (primary N) is 1. The van der Waals surface area contributed by atoms with E-state index in [4.69, 9.17) is 10.2 Å². The van der Waals surface area contributed by atoms with Gasteiger partial charge in [-0.3, -0.25) is 0 Å². The molecule has 2 saturated carbocycles. The number of nitrogens with one attached hydrogen (secondary N) is 1. The standard InChI is InChI=1S/C11H18N4O/c12-6-3-9-14-15-10(16-9)13-7-11(4-5-11)8-1-2-8/h8H,1-7,12H2,(H,13,15). The van der Waals surface area contributed by atoms with Crippen molar-refractivity contribution in [3.63, 3.8) is 0 Å². The van der Waals surface area contributed by atoms with Crippen LogP contribution in [0.4, 0.5) is 6.01 Å². The third-order valence-corrected chi connectivity index (χ3v) is 3.75. The van der Waals surface area contributed by atoms with Crippen LogP contribution in [-0.2, 0) is 6.42 Å². The molecule has 1 aromatic heterocycles. The first-order valence-corrected chi connectivity index (χ1v) is 6.09. The zero-order chi connectivity index (χ0) is 11.0. The van der Waals surface area contributed by atoms with Gasteiger partial charge >= 0.3 is 6.01 Å². The first kappa shape index (κ1) is 10.1. The van der Waals surface area contributed by atoms with Gasteiger partial charge in [0.1, 0.15) is 0 Å². The van der Waals surface area contributed by atoms with Crippen molar-refractivity contribution in [2.24, 2.45) is 17.1 Å². The van der Waals surface area contributed by atoms with E-state index in [9.17, 15) is 0 Å². The molecule has 0 unspecified atom stereocenters. The van der Waals surface area contributed by atoms with E-state index < -0.39 is 0 Å². The number of aromatic nitrogens is 2. The van der Waals surface area contributed by atoms with E-state index >= 15 is 0 Å². The van der Waals surface area contributed by atoms with Crippen LogP contribution in [0.15, 0.2) is 4.42 Å². The van der Waals surface area contributed by atoms with Gasteiger partial charge in [-0.2, -0.15) is 0 Å². The second-order valence-electron chi connectivity index (χ2n) is 5.03. The summed E-state index contributed by atoms with van der Waals surface area (Å²) in [5.74, 6) is 1.58. The van der Waals surface area contributed by atoms with Gasteiger partial charge in [0.25, 0.3) is 0 Å². The summed E-state index contributed by atoms with van der Waals surface area (Å²) in [7, 11) is 0. The maximum absolute atomic E-state index is 5.43. The van der Waals surface area contributed by atoms with E-state index in [-0.39, 0.29) is 0 Å². The van der Waals surface area contributed by atoms with Gasteiger partial charge in [-0.15, -0.1) is 5.10 Å². The molecule has 3 N–H and O–H groups in total. The molecule has 0 amide bonds. The van der Waals surface area contributed by atoms with Crippen LogP contribution in [0.1, 0.15) is 31.6 Å². The Labute approximate surface area is 94.8 Å². The second kappa shape index (κ2) is 3.73. The highest BCUT2D eigenvalue weighted by Gasteiger charge is 2.53. The summed E-state index contributed by atoms with van der Waals surface area (Å²) in [5.41, 5.74) is 5.98. The third-order valence-electron chi connectivity index (χ3n) is 3.75. The van der Waals surface area contributed by atoms with E-state index in [0.717, 1.165) is 12.5 Å². The van der Waals surface area contributed by atoms with E-state index in [1.54, 1.807) is 0 Å². The van der Waals surface area contributed by atoms with Crippen molar-refractivity contribution in [1.82, 2.24) is 10.2 Å². The highest BCUT2D eigenvalue weighted by Crippen LogP contribution is 2.61. The fourth-order valence-corrected chi connectivity index (χ4v) is 2.39. The van der Waals surface area contributed by atoms with Gasteiger partial charge in [0.05, 0.1) is 0 Å². The number of anilines is 1. The van der Waals surface area contributed by atoms with Crippen molar-refractivity contribution in [1.29, 1.82) is 0 Å². The van der Waals surface area contributed by atoms with Crippen LogP contribution in [0, 0.1) is 11.3 Å². The van der Waals surface area contributed by atoms with Gasteiger partial charge in [0.2, 0.25) is 5.89 Å². The van der Waals surface area contributed by atoms with E-state index in [1.807, 2.05) is 0 Å². The molecule has 0 bridgehead atoms. The maximum Gasteiger partial charge on any atom is 0.315 e. The zero-order valence-corrected chi connectivity index (χ0v) is 9.41. The number of hydrogen-bond acceptors (Lipinski definition) is 5. The Kier molecular flexibility index (Phi) is 2.35. The third kappa shape index (κ3) is 1.91. The molecule has 0 spiro atoms. The van der Waals surface area contributed by atoms with Crippen molar-refractivity contribution in [2.45, 2.75) is 32.1 Å². The molecule has 1 aromatic rings. The van der Waals surface area contributed by atoms with Crippen LogP contribution in [-0.4, -0.2) is 23.3 Å². The summed E-state index contributed by atoms with van der Waals surface area (Å²) in [6.07, 6.45) is 6.18. The van der Waals surface area contributed by atoms with Crippen molar-refractivity contribution < 1.29 is 4.42 Å². The fourth-order valence-electron chi connectivity index (χ4n) is 2.39. The highest BCUT2D eigenvalue weighted by atomic mass is 16.4. The Hall–Kier alpha value is -1.10. The van der Waals surface area contributed by atoms with Gasteiger partial charge in [0.15, 0.2) is 0 Å². The lowest BCUT2D eigenvalue weighted by atomic mass is 10.0. The molecule has 2 fully saturated rings. The molecule has 3 rings (SSSR count). The Morgan fingerprint density at radius 3 is 2.81 bits per heavy atom. The normalized spacial score (nSPS) is 22.1. The molecule has 88 valence electrons. The average molecular weight is 222 g/mol. The minimum Gasteiger partial charge on any atom is -0.408 e. The molecular weight excluding hydrogens is 204 g/mol. The summed E-state index contributed by atoms with van der Waals surface area (Å²) < 4.78 is 5.43. The van der Waals surface area contributed by atoms with E-state index in [2.05, 4.69) is 15.5 Å². The topological polar surface area (TPSA) is 77.0 Å². The first-order chi connectivity index (χ1) is 7.82. The molecule has 1 heterocycles. The van der Waals surface area contributed by atoms with Gasteiger partial charge in [-0.25, -0.2) is 0 Å². The molecule has 0 aromatic carbocycles. The smallest absolute Gasteiger partial charge is 0.315 e. The van der Waals surface area contributed by atoms with E-state index in [0.29, 0.717) is 30.3 Å². The Bertz CT molecular complexity index is 368. The molecular formula is C11H18N4O. The molecule has 0 aliphatic heterocycles. The summed E-state index contributed by atoms with van der Waals surface area (Å²) in [6.45, 7) is 1.54. The number of rotatable bonds is 6. The molecule has 2 aliphatic carbocycles. The van der Waals surface area contributed by atoms with Gasteiger partial charge < -0.3 is 15.5 Å². The monoisotopic (exact) mass is 222 g/mol. The lowest BCUT2D eigenvalue weighted by Gasteiger charge is -2.12. The Balaban J connectivity index is 1.53. The average Bonchev–Trinajstić information content (AvgIpc) is 3.16. The predicted molar refractivity (Wildman–Crippen MR) is 59.9 cm³/mol. The zero-order valence-electron chi connectivity index (χ0n) is 9.41. The molecule has 5 heteroatoms. The van der Waals surface area contributed by atoms with Crippen molar-refractivity contribution in [3.8, 4) is 0 Å². The lowest BCUT2D eigenvalue weighted by molar-refractivity contribution is 0.450. The first-order valence-electron chi connectivity index (χ1n) is 6.09. The lowest BCUT2D eigenvalue weighted by Crippen LogP contribution is -2.17. The van der Waals surface area contributed by atoms with Gasteiger partial charge in [0, 0.05) is 19.5 Å². The Morgan fingerprint density at radius 2 is 2.19 bits per heavy atom. The largest absolute Gasteiger partial charge is 0.408 e. The minimum atomic E-state index is 0.549. The molecule has 0 radical (unpaired) electrons. The molecule has 5 nitrogen and oxygen atoms in total. The summed E-state index contributed by atoms with van der Waals surface area (Å²) in [6, 6.07) is 0.551. The number of nitrogens with zero attached hydrogens (tertiary/aromatic N) is 2. The van der Waals surface area contributed by atoms with Crippen molar-refractivity contribution >= 4 is 6.01 Å². The number of hydrogen-bond donors (Lipinski definition) is 2. The van der Waals surface area contributed by atoms with Crippen LogP contribution in [0.2, 0.25) is 0 Å². The molecule has 16 heavy (non-hydrogen) atoms. The van der Waals surface area contributed by atoms with Crippen LogP contribution >= 0.6 is 0 Å². The maximum atomic E-state index is 5.43. The van der Waals surface area contributed by atoms with Crippen molar-refractivity contribution in [3.05, 3.63) is 5.89 Å². The molecule has 2 aliphatic rings. The highest BCUT2D eigenvalue weighted by molar-refractivity contribution is 5.21. The molecule has 0 saturated heterocycles. The van der Waals surface area contributed by atoms with Gasteiger partial charge in [-0.1, -0.05) is 5.10 Å². The second-order valence-corrected chi connectivity index (χ2v) is 5.03. The van der Waals surface area contributed by atoms with Crippen LogP contribution in [0.25, 0.3) is 0 Å². The van der Waals surface area contributed by atoms with E-state index in [1.165, 1.54) is 25.7 Å². The van der Waals surface area contributed by atoms with Crippen LogP contribution < -0.4 is 11.1 Å². The van der Waals surface area contributed by atoms with Crippen LogP contribution in [0.5, 0.6) is 0 Å². The summed E-state index contributed by atoms with van der Waals surface area (Å²) >= 11 is 0. The van der Waals surface area contributed by atoms with Crippen LogP contribution in [0.3, 0.4) is 0 Å². The quantitative estimate of drug-likeness (QED) is 0.755. The Morgan fingerprint density at radius 1 is 1.38 bits per heavy atom. The summed E-state index contributed by atoms with van der Waals surface area (Å²) in [5, 5.41) is 11.2. The predicted octanol–water partition coefficient (Wildman–Crippen LogP) is 1.17. The molecule has 0 atom stereocenters. The van der Waals surface area contributed by atoms with Gasteiger partial charge in [-0.05, 0) is 37.0 Å². The van der Waals surface area contributed by atoms with Crippen molar-refractivity contribution in [2.75, 3.05) is 18.4 Å². The SMILES string of the molecule is NCCc1nnc(NCC2(C3CC3)CC2)o1.